The predicted molar refractivity (Wildman–Crippen MR) is 137 cm³/mol. The third-order valence-electron chi connectivity index (χ3n) is 6.43. The minimum absolute atomic E-state index is 0.0424. The molecule has 0 spiro atoms. The summed E-state index contributed by atoms with van der Waals surface area (Å²) in [5.74, 6) is -0.416. The number of likely N-dealkylation sites (tertiary alicyclic amines) is 1. The van der Waals surface area contributed by atoms with E-state index in [-0.39, 0.29) is 23.8 Å². The number of nitrogens with one attached hydrogen (secondary N) is 1. The Hall–Kier alpha value is -2.84. The molecule has 0 unspecified atom stereocenters. The largest absolute Gasteiger partial charge is 0.343 e. The van der Waals surface area contributed by atoms with Gasteiger partial charge in [-0.25, -0.2) is 4.98 Å². The second-order valence-electron chi connectivity index (χ2n) is 9.47. The number of carbonyl (C=O) groups excluding carboxylic acids is 2. The molecule has 2 amide bonds. The summed E-state index contributed by atoms with van der Waals surface area (Å²) in [5, 5.41) is 5.86. The number of nitrogens with two attached hydrogens (primary N) is 1. The van der Waals surface area contributed by atoms with Gasteiger partial charge in [-0.2, -0.15) is 0 Å². The highest BCUT2D eigenvalue weighted by atomic mass is 32.1. The molecule has 1 fully saturated rings. The lowest BCUT2D eigenvalue weighted by Crippen LogP contribution is -2.54. The van der Waals surface area contributed by atoms with Gasteiger partial charge in [0.05, 0.1) is 30.0 Å². The average Bonchev–Trinajstić information content (AvgIpc) is 3.56. The molecule has 2 aliphatic heterocycles. The van der Waals surface area contributed by atoms with E-state index in [1.807, 2.05) is 36.9 Å². The molecule has 2 aliphatic rings. The molecule has 8 heteroatoms. The van der Waals surface area contributed by atoms with E-state index in [4.69, 9.17) is 15.7 Å². The molecule has 1 aromatic carbocycles. The van der Waals surface area contributed by atoms with E-state index in [9.17, 15) is 9.59 Å². The maximum atomic E-state index is 13.5. The zero-order valence-electron chi connectivity index (χ0n) is 20.2. The first-order valence-corrected chi connectivity index (χ1v) is 12.8. The summed E-state index contributed by atoms with van der Waals surface area (Å²) in [7, 11) is 0. The Balaban J connectivity index is 1.57. The summed E-state index contributed by atoms with van der Waals surface area (Å²) in [5.41, 5.74) is 11.0. The molecule has 0 aliphatic carbocycles. The lowest BCUT2D eigenvalue weighted by molar-refractivity contribution is -0.138. The highest BCUT2D eigenvalue weighted by Crippen LogP contribution is 2.37. The molecule has 0 saturated carbocycles. The number of aliphatic imine (C=N–C) groups is 1. The van der Waals surface area contributed by atoms with Crippen molar-refractivity contribution in [1.82, 2.24) is 15.2 Å². The van der Waals surface area contributed by atoms with Gasteiger partial charge in [0.2, 0.25) is 11.8 Å². The molecule has 3 atom stereocenters. The van der Waals surface area contributed by atoms with Crippen LogP contribution in [0.1, 0.15) is 62.8 Å². The lowest BCUT2D eigenvalue weighted by Gasteiger charge is -2.30. The van der Waals surface area contributed by atoms with Gasteiger partial charge in [-0.05, 0) is 38.2 Å². The molecule has 34 heavy (non-hydrogen) atoms. The molecule has 1 aromatic heterocycles. The molecular weight excluding hydrogens is 446 g/mol. The number of amides is 2. The molecule has 1 saturated heterocycles. The van der Waals surface area contributed by atoms with Gasteiger partial charge in [0.1, 0.15) is 11.0 Å². The van der Waals surface area contributed by atoms with Gasteiger partial charge in [-0.3, -0.25) is 14.6 Å². The molecule has 180 valence electrons. The van der Waals surface area contributed by atoms with Crippen LogP contribution in [0.4, 0.5) is 0 Å². The molecular formula is C26H33N5O2S. The zero-order valence-corrected chi connectivity index (χ0v) is 21.1. The summed E-state index contributed by atoms with van der Waals surface area (Å²) in [4.78, 5) is 37.4. The Labute approximate surface area is 205 Å². The first-order valence-electron chi connectivity index (χ1n) is 11.9. The Morgan fingerprint density at radius 1 is 1.21 bits per heavy atom. The Kier molecular flexibility index (Phi) is 7.28. The zero-order chi connectivity index (χ0) is 24.4. The van der Waals surface area contributed by atoms with Crippen LogP contribution in [0.25, 0.3) is 5.57 Å². The SMILES string of the molecule is CC1=C(c2csc([C@@H]3CCCN3C(=O)[C@@H](NC(=O)[C@H](C)N)C(C)C)n2)C(c2ccccc2)=NC1. The fourth-order valence-corrected chi connectivity index (χ4v) is 5.51. The van der Waals surface area contributed by atoms with Gasteiger partial charge in [0.25, 0.3) is 0 Å². The quantitative estimate of drug-likeness (QED) is 0.634. The molecule has 7 nitrogen and oxygen atoms in total. The number of hydrogen-bond acceptors (Lipinski definition) is 6. The maximum Gasteiger partial charge on any atom is 0.246 e. The fraction of sp³-hybridized carbons (Fsp3) is 0.462. The van der Waals surface area contributed by atoms with Crippen molar-refractivity contribution in [2.24, 2.45) is 16.6 Å². The predicted octanol–water partition coefficient (Wildman–Crippen LogP) is 3.57. The van der Waals surface area contributed by atoms with E-state index in [0.717, 1.165) is 40.4 Å². The van der Waals surface area contributed by atoms with E-state index >= 15 is 0 Å². The van der Waals surface area contributed by atoms with Crippen molar-refractivity contribution >= 4 is 34.4 Å². The number of allylic oxidation sites excluding steroid dienone is 1. The van der Waals surface area contributed by atoms with Crippen LogP contribution in [0.2, 0.25) is 0 Å². The van der Waals surface area contributed by atoms with Crippen molar-refractivity contribution in [3.8, 4) is 0 Å². The number of aromatic nitrogens is 1. The number of carbonyl (C=O) groups is 2. The number of nitrogens with zero attached hydrogens (tertiary/aromatic N) is 3. The molecule has 2 aromatic rings. The fourth-order valence-electron chi connectivity index (χ4n) is 4.55. The van der Waals surface area contributed by atoms with E-state index in [1.54, 1.807) is 18.3 Å². The average molecular weight is 480 g/mol. The summed E-state index contributed by atoms with van der Waals surface area (Å²) in [6.07, 6.45) is 1.78. The van der Waals surface area contributed by atoms with Crippen LogP contribution < -0.4 is 11.1 Å². The summed E-state index contributed by atoms with van der Waals surface area (Å²) < 4.78 is 0. The molecule has 3 N–H and O–H groups in total. The van der Waals surface area contributed by atoms with Crippen molar-refractivity contribution in [2.75, 3.05) is 13.1 Å². The topological polar surface area (TPSA) is 101 Å². The summed E-state index contributed by atoms with van der Waals surface area (Å²) in [6, 6.07) is 8.85. The Morgan fingerprint density at radius 2 is 1.94 bits per heavy atom. The van der Waals surface area contributed by atoms with Crippen molar-refractivity contribution < 1.29 is 9.59 Å². The van der Waals surface area contributed by atoms with Crippen molar-refractivity contribution in [2.45, 2.75) is 58.7 Å². The molecule has 0 radical (unpaired) electrons. The molecule has 0 bridgehead atoms. The van der Waals surface area contributed by atoms with Gasteiger partial charge in [0.15, 0.2) is 0 Å². The van der Waals surface area contributed by atoms with E-state index in [2.05, 4.69) is 29.8 Å². The smallest absolute Gasteiger partial charge is 0.246 e. The Bertz CT molecular complexity index is 1120. The lowest BCUT2D eigenvalue weighted by atomic mass is 9.98. The van der Waals surface area contributed by atoms with Gasteiger partial charge >= 0.3 is 0 Å². The highest BCUT2D eigenvalue weighted by Gasteiger charge is 2.38. The van der Waals surface area contributed by atoms with Gasteiger partial charge in [-0.15, -0.1) is 11.3 Å². The van der Waals surface area contributed by atoms with Crippen LogP contribution in [0.3, 0.4) is 0 Å². The number of rotatable bonds is 7. The van der Waals surface area contributed by atoms with Crippen LogP contribution in [-0.2, 0) is 9.59 Å². The first-order chi connectivity index (χ1) is 16.3. The van der Waals surface area contributed by atoms with Gasteiger partial charge < -0.3 is 16.0 Å². The van der Waals surface area contributed by atoms with Crippen LogP contribution in [0, 0.1) is 5.92 Å². The third kappa shape index (κ3) is 4.83. The van der Waals surface area contributed by atoms with Gasteiger partial charge in [0, 0.05) is 23.1 Å². The van der Waals surface area contributed by atoms with Crippen molar-refractivity contribution in [3.63, 3.8) is 0 Å². The molecule has 3 heterocycles. The summed E-state index contributed by atoms with van der Waals surface area (Å²) in [6.45, 7) is 8.95. The Morgan fingerprint density at radius 3 is 2.62 bits per heavy atom. The second kappa shape index (κ2) is 10.2. The van der Waals surface area contributed by atoms with Gasteiger partial charge in [-0.1, -0.05) is 44.2 Å². The highest BCUT2D eigenvalue weighted by molar-refractivity contribution is 7.09. The first kappa shape index (κ1) is 24.3. The monoisotopic (exact) mass is 479 g/mol. The number of thiazole rings is 1. The third-order valence-corrected chi connectivity index (χ3v) is 7.37. The normalized spacial score (nSPS) is 20.0. The molecule has 4 rings (SSSR count). The standard InChI is InChI=1S/C26H33N5O2S/c1-15(2)22(30-24(32)17(4)27)26(33)31-12-8-11-20(31)25-29-19(14-34-25)21-16(3)13-28-23(21)18-9-6-5-7-10-18/h5-7,9-10,14-15,17,20,22H,8,11-13,27H2,1-4H3,(H,30,32)/t17-,20-,22-/m0/s1. The summed E-state index contributed by atoms with van der Waals surface area (Å²) >= 11 is 1.59. The van der Waals surface area contributed by atoms with Crippen LogP contribution in [0.15, 0.2) is 46.3 Å². The van der Waals surface area contributed by atoms with Crippen molar-refractivity contribution in [1.29, 1.82) is 0 Å². The van der Waals surface area contributed by atoms with E-state index in [0.29, 0.717) is 13.1 Å². The van der Waals surface area contributed by atoms with E-state index in [1.165, 1.54) is 5.57 Å². The van der Waals surface area contributed by atoms with E-state index < -0.39 is 12.1 Å². The minimum atomic E-state index is -0.659. The number of hydrogen-bond donors (Lipinski definition) is 2. The number of benzene rings is 1. The maximum absolute atomic E-state index is 13.5. The van der Waals surface area contributed by atoms with Crippen LogP contribution in [-0.4, -0.2) is 52.6 Å². The van der Waals surface area contributed by atoms with Crippen LogP contribution in [0.5, 0.6) is 0 Å². The van der Waals surface area contributed by atoms with Crippen LogP contribution >= 0.6 is 11.3 Å². The second-order valence-corrected chi connectivity index (χ2v) is 10.4. The minimum Gasteiger partial charge on any atom is -0.343 e. The van der Waals surface area contributed by atoms with Crippen molar-refractivity contribution in [3.05, 3.63) is 57.6 Å².